The Balaban J connectivity index is 1.43. The summed E-state index contributed by atoms with van der Waals surface area (Å²) in [5.41, 5.74) is 2.04. The van der Waals surface area contributed by atoms with Gasteiger partial charge in [-0.15, -0.1) is 0 Å². The van der Waals surface area contributed by atoms with Crippen LogP contribution >= 0.6 is 0 Å². The molecule has 5 rings (SSSR count). The highest BCUT2D eigenvalue weighted by Gasteiger charge is 2.57. The zero-order chi connectivity index (χ0) is 26.0. The summed E-state index contributed by atoms with van der Waals surface area (Å²) in [5, 5.41) is 5.43. The number of likely N-dealkylation sites (N-methyl/N-ethyl adjacent to an activating group) is 1. The van der Waals surface area contributed by atoms with E-state index in [-0.39, 0.29) is 11.3 Å². The summed E-state index contributed by atoms with van der Waals surface area (Å²) in [6, 6.07) is 8.97. The van der Waals surface area contributed by atoms with E-state index >= 15 is 0 Å². The first-order valence-electron chi connectivity index (χ1n) is 13.0. The second-order valence-corrected chi connectivity index (χ2v) is 12.9. The molecule has 2 aromatic rings. The van der Waals surface area contributed by atoms with Crippen molar-refractivity contribution >= 4 is 27.4 Å². The van der Waals surface area contributed by atoms with Crippen LogP contribution in [0, 0.1) is 0 Å². The van der Waals surface area contributed by atoms with Crippen molar-refractivity contribution in [2.75, 3.05) is 63.7 Å². The van der Waals surface area contributed by atoms with E-state index < -0.39 is 14.6 Å². The summed E-state index contributed by atoms with van der Waals surface area (Å²) >= 11 is 0. The van der Waals surface area contributed by atoms with Crippen molar-refractivity contribution in [3.05, 3.63) is 36.0 Å². The smallest absolute Gasteiger partial charge is 0.319 e. The molecule has 1 aromatic carbocycles. The Bertz CT molecular complexity index is 1220. The topological polar surface area (TPSA) is 117 Å². The van der Waals surface area contributed by atoms with Crippen LogP contribution in [-0.4, -0.2) is 88.1 Å². The largest absolute Gasteiger partial charge is 0.378 e. The number of urea groups is 1. The van der Waals surface area contributed by atoms with Gasteiger partial charge in [0, 0.05) is 43.5 Å². The van der Waals surface area contributed by atoms with Gasteiger partial charge in [0.1, 0.15) is 10.6 Å². The molecule has 11 heteroatoms. The number of rotatable bonds is 9. The first-order valence-corrected chi connectivity index (χ1v) is 14.6. The number of amides is 2. The minimum Gasteiger partial charge on any atom is -0.378 e. The molecule has 3 fully saturated rings. The molecule has 2 aliphatic carbocycles. The number of carbonyl (C=O) groups excluding carboxylic acids is 1. The minimum atomic E-state index is -3.31. The summed E-state index contributed by atoms with van der Waals surface area (Å²) in [5.74, 6) is 1.24. The van der Waals surface area contributed by atoms with Crippen LogP contribution in [0.2, 0.25) is 0 Å². The number of hydrogen-bond acceptors (Lipinski definition) is 8. The Hall–Kier alpha value is -2.76. The molecule has 2 amide bonds. The first kappa shape index (κ1) is 25.9. The van der Waals surface area contributed by atoms with E-state index in [2.05, 4.69) is 15.5 Å². The molecule has 37 heavy (non-hydrogen) atoms. The third-order valence-electron chi connectivity index (χ3n) is 7.43. The van der Waals surface area contributed by atoms with Crippen molar-refractivity contribution in [1.29, 1.82) is 0 Å². The molecule has 2 saturated carbocycles. The maximum Gasteiger partial charge on any atom is 0.319 e. The molecule has 0 atom stereocenters. The highest BCUT2D eigenvalue weighted by Crippen LogP contribution is 2.53. The first-order chi connectivity index (χ1) is 17.8. The van der Waals surface area contributed by atoms with Gasteiger partial charge in [0.2, 0.25) is 0 Å². The van der Waals surface area contributed by atoms with E-state index in [4.69, 9.17) is 14.7 Å². The number of ether oxygens (including phenoxy) is 1. The second kappa shape index (κ2) is 10.5. The van der Waals surface area contributed by atoms with Crippen LogP contribution in [0.3, 0.4) is 0 Å². The molecule has 200 valence electrons. The molecule has 0 bridgehead atoms. The van der Waals surface area contributed by atoms with Crippen molar-refractivity contribution in [1.82, 2.24) is 20.2 Å². The normalized spacial score (nSPS) is 19.4. The van der Waals surface area contributed by atoms with Crippen LogP contribution in [-0.2, 0) is 19.3 Å². The number of nitrogens with zero attached hydrogens (tertiary/aromatic N) is 4. The van der Waals surface area contributed by atoms with Gasteiger partial charge in [-0.05, 0) is 70.5 Å². The Morgan fingerprint density at radius 2 is 1.84 bits per heavy atom. The number of hydrogen-bond donors (Lipinski definition) is 2. The fraction of sp³-hybridized carbons (Fsp3) is 0.577. The zero-order valence-electron chi connectivity index (χ0n) is 21.6. The third-order valence-corrected chi connectivity index (χ3v) is 10.5. The van der Waals surface area contributed by atoms with Gasteiger partial charge in [-0.1, -0.05) is 0 Å². The lowest BCUT2D eigenvalue weighted by Gasteiger charge is -2.41. The summed E-state index contributed by atoms with van der Waals surface area (Å²) in [6.45, 7) is 3.92. The average molecular weight is 529 g/mol. The van der Waals surface area contributed by atoms with Crippen molar-refractivity contribution in [3.63, 3.8) is 0 Å². The molecule has 1 aliphatic heterocycles. The van der Waals surface area contributed by atoms with Crippen molar-refractivity contribution in [3.8, 4) is 11.4 Å². The molecule has 0 spiro atoms. The number of carbonyl (C=O) groups is 1. The van der Waals surface area contributed by atoms with Crippen molar-refractivity contribution < 1.29 is 17.9 Å². The SMILES string of the molecule is CN(C)CCNC(=O)Nc1ccc(-c2nc(N3CCOCC3)cc(C3(S(=O)(=O)C4CC4)CCC3)n2)cc1. The molecule has 2 N–H and O–H groups in total. The predicted molar refractivity (Wildman–Crippen MR) is 144 cm³/mol. The number of sulfone groups is 1. The fourth-order valence-corrected chi connectivity index (χ4v) is 7.55. The molecule has 0 radical (unpaired) electrons. The number of morpholine rings is 1. The maximum absolute atomic E-state index is 13.5. The molecular weight excluding hydrogens is 492 g/mol. The molecular formula is C26H36N6O4S. The number of benzene rings is 1. The molecule has 10 nitrogen and oxygen atoms in total. The van der Waals surface area contributed by atoms with Gasteiger partial charge in [-0.25, -0.2) is 23.2 Å². The Morgan fingerprint density at radius 3 is 2.43 bits per heavy atom. The number of nitrogens with one attached hydrogen (secondary N) is 2. The van der Waals surface area contributed by atoms with Crippen LogP contribution in [0.5, 0.6) is 0 Å². The minimum absolute atomic E-state index is 0.243. The third kappa shape index (κ3) is 5.44. The summed E-state index contributed by atoms with van der Waals surface area (Å²) in [4.78, 5) is 26.0. The van der Waals surface area contributed by atoms with Gasteiger partial charge in [0.25, 0.3) is 0 Å². The summed E-state index contributed by atoms with van der Waals surface area (Å²) in [7, 11) is 0.590. The van der Waals surface area contributed by atoms with Crippen LogP contribution in [0.4, 0.5) is 16.3 Å². The Kier molecular flexibility index (Phi) is 7.37. The number of aromatic nitrogens is 2. The van der Waals surface area contributed by atoms with Crippen LogP contribution < -0.4 is 15.5 Å². The van der Waals surface area contributed by atoms with E-state index in [1.54, 1.807) is 0 Å². The Labute approximate surface area is 218 Å². The maximum atomic E-state index is 13.5. The van der Waals surface area contributed by atoms with E-state index in [0.29, 0.717) is 62.9 Å². The quantitative estimate of drug-likeness (QED) is 0.510. The van der Waals surface area contributed by atoms with E-state index in [9.17, 15) is 13.2 Å². The van der Waals surface area contributed by atoms with Gasteiger partial charge in [0.05, 0.1) is 24.2 Å². The highest BCUT2D eigenvalue weighted by atomic mass is 32.2. The summed E-state index contributed by atoms with van der Waals surface area (Å²) in [6.07, 6.45) is 3.59. The van der Waals surface area contributed by atoms with E-state index in [0.717, 1.165) is 37.2 Å². The van der Waals surface area contributed by atoms with Crippen LogP contribution in [0.15, 0.2) is 30.3 Å². The highest BCUT2D eigenvalue weighted by molar-refractivity contribution is 7.93. The zero-order valence-corrected chi connectivity index (χ0v) is 22.4. The van der Waals surface area contributed by atoms with Crippen molar-refractivity contribution in [2.45, 2.75) is 42.1 Å². The lowest BCUT2D eigenvalue weighted by Crippen LogP contribution is -2.45. The molecule has 0 unspecified atom stereocenters. The second-order valence-electron chi connectivity index (χ2n) is 10.4. The molecule has 1 saturated heterocycles. The van der Waals surface area contributed by atoms with Gasteiger partial charge >= 0.3 is 6.03 Å². The van der Waals surface area contributed by atoms with E-state index in [1.165, 1.54) is 0 Å². The molecule has 2 heterocycles. The summed E-state index contributed by atoms with van der Waals surface area (Å²) < 4.78 is 31.7. The lowest BCUT2D eigenvalue weighted by atomic mass is 9.81. The van der Waals surface area contributed by atoms with Gasteiger partial charge in [-0.3, -0.25) is 0 Å². The lowest BCUT2D eigenvalue weighted by molar-refractivity contribution is 0.122. The molecule has 3 aliphatic rings. The van der Waals surface area contributed by atoms with E-state index in [1.807, 2.05) is 49.3 Å². The van der Waals surface area contributed by atoms with Crippen molar-refractivity contribution in [2.24, 2.45) is 0 Å². The monoisotopic (exact) mass is 528 g/mol. The van der Waals surface area contributed by atoms with Gasteiger partial charge in [0.15, 0.2) is 15.7 Å². The standard InChI is InChI=1S/C26H36N6O4S/c1-31(2)13-12-27-25(33)28-20-6-4-19(5-7-20)24-29-22(18-23(30-24)32-14-16-36-17-15-32)26(10-3-11-26)37(34,35)21-8-9-21/h4-7,18,21H,3,8-17H2,1-2H3,(H2,27,28,33). The van der Waals surface area contributed by atoms with Crippen LogP contribution in [0.25, 0.3) is 11.4 Å². The molecule has 1 aromatic heterocycles. The average Bonchev–Trinajstić information content (AvgIpc) is 3.70. The van der Waals surface area contributed by atoms with Crippen LogP contribution in [0.1, 0.15) is 37.8 Å². The Morgan fingerprint density at radius 1 is 1.14 bits per heavy atom. The number of anilines is 2. The fourth-order valence-electron chi connectivity index (χ4n) is 4.90. The predicted octanol–water partition coefficient (Wildman–Crippen LogP) is 2.62. The van der Waals surface area contributed by atoms with Gasteiger partial charge < -0.3 is 25.2 Å². The van der Waals surface area contributed by atoms with Gasteiger partial charge in [-0.2, -0.15) is 0 Å².